The number of aryl methyl sites for hydroxylation is 2. The van der Waals surface area contributed by atoms with Crippen molar-refractivity contribution in [2.75, 3.05) is 0 Å². The summed E-state index contributed by atoms with van der Waals surface area (Å²) in [5.41, 5.74) is 8.15. The van der Waals surface area contributed by atoms with Crippen LogP contribution in [-0.4, -0.2) is 6.88 Å². The molecule has 8 aromatic carbocycles. The number of hydrogen-bond acceptors (Lipinski definition) is 0. The first-order valence-corrected chi connectivity index (χ1v) is 19.5. The van der Waals surface area contributed by atoms with Crippen LogP contribution in [0.4, 0.5) is 0 Å². The van der Waals surface area contributed by atoms with Crippen molar-refractivity contribution >= 4 is 74.8 Å². The molecule has 0 aliphatic rings. The fraction of sp³-hybridized carbons (Fsp3) is 0.0909. The molecule has 4 heteroatoms. The van der Waals surface area contributed by atoms with Crippen LogP contribution in [0.15, 0.2) is 146 Å². The van der Waals surface area contributed by atoms with Gasteiger partial charge in [0, 0.05) is 0 Å². The molecule has 0 nitrogen and oxygen atoms in total. The Bertz CT molecular complexity index is 2040. The van der Waals surface area contributed by atoms with E-state index in [2.05, 4.69) is 166 Å². The van der Waals surface area contributed by atoms with E-state index in [4.69, 9.17) is 0 Å². The molecule has 0 spiro atoms. The molecule has 0 amide bonds. The van der Waals surface area contributed by atoms with Gasteiger partial charge in [-0.1, -0.05) is 122 Å². The summed E-state index contributed by atoms with van der Waals surface area (Å²) in [5, 5.41) is 10.7. The monoisotopic (exact) mass is 758 g/mol. The van der Waals surface area contributed by atoms with Crippen LogP contribution in [-0.2, 0) is 36.2 Å². The molecule has 0 heterocycles. The van der Waals surface area contributed by atoms with Crippen molar-refractivity contribution in [2.45, 2.75) is 26.7 Å². The van der Waals surface area contributed by atoms with Crippen LogP contribution >= 0.6 is 24.8 Å². The first-order chi connectivity index (χ1) is 21.7. The molecule has 0 saturated heterocycles. The van der Waals surface area contributed by atoms with Gasteiger partial charge in [-0.3, -0.25) is 0 Å². The Kier molecular flexibility index (Phi) is 16.2. The molecule has 48 heavy (non-hydrogen) atoms. The van der Waals surface area contributed by atoms with E-state index >= 15 is 0 Å². The predicted molar refractivity (Wildman–Crippen MR) is 217 cm³/mol. The van der Waals surface area contributed by atoms with E-state index in [0.717, 1.165) is 12.8 Å². The second-order valence-electron chi connectivity index (χ2n) is 11.1. The number of hydrogen-bond donors (Lipinski definition) is 0. The molecule has 244 valence electrons. The van der Waals surface area contributed by atoms with Crippen LogP contribution in [0, 0.1) is 14.9 Å². The second kappa shape index (κ2) is 19.1. The quantitative estimate of drug-likeness (QED) is 0.124. The third-order valence-corrected chi connectivity index (χ3v) is 8.60. The Morgan fingerprint density at radius 2 is 0.750 bits per heavy atom. The molecule has 0 unspecified atom stereocenters. The average Bonchev–Trinajstić information content (AvgIpc) is 3.73. The van der Waals surface area contributed by atoms with Gasteiger partial charge in [-0.25, -0.2) is 0 Å². The van der Waals surface area contributed by atoms with E-state index in [1.54, 1.807) is 0 Å². The standard InChI is InChI=1S/2C21H17.2CH3.2ClH.Si.Zr/c2*1-2-15-13-17-9-6-12-20(21(17)14-15)19-11-5-8-16-7-3-4-10-18(16)19;;;;;;/h2*3-14H,2H2,1H3;2*1H3;2*1H;;/q4*-1;;;;. The van der Waals surface area contributed by atoms with Gasteiger partial charge >= 0.3 is 30.2 Å². The summed E-state index contributed by atoms with van der Waals surface area (Å²) < 4.78 is 0. The van der Waals surface area contributed by atoms with Gasteiger partial charge in [-0.05, 0) is 45.5 Å². The molecule has 0 saturated carbocycles. The average molecular weight is 761 g/mol. The Morgan fingerprint density at radius 3 is 1.12 bits per heavy atom. The van der Waals surface area contributed by atoms with Gasteiger partial charge in [-0.2, -0.15) is 12.1 Å². The zero-order valence-electron chi connectivity index (χ0n) is 28.1. The van der Waals surface area contributed by atoms with E-state index < -0.39 is 0 Å². The molecule has 0 fully saturated rings. The van der Waals surface area contributed by atoms with Crippen molar-refractivity contribution in [3.05, 3.63) is 172 Å². The van der Waals surface area contributed by atoms with Gasteiger partial charge in [0.2, 0.25) is 0 Å². The van der Waals surface area contributed by atoms with Crippen LogP contribution in [0.5, 0.6) is 0 Å². The van der Waals surface area contributed by atoms with E-state index in [1.165, 1.54) is 99.8 Å². The molecule has 2 radical (unpaired) electrons. The minimum absolute atomic E-state index is 0. The molecule has 8 aromatic rings. The fourth-order valence-corrected chi connectivity index (χ4v) is 6.39. The minimum atomic E-state index is 0. The van der Waals surface area contributed by atoms with Gasteiger partial charge in [0.15, 0.2) is 0 Å². The van der Waals surface area contributed by atoms with E-state index in [0.29, 0.717) is 0 Å². The van der Waals surface area contributed by atoms with Crippen LogP contribution in [0.2, 0.25) is 0 Å². The van der Waals surface area contributed by atoms with Gasteiger partial charge in [0.25, 0.3) is 0 Å². The number of fused-ring (bicyclic) bond motifs is 4. The Balaban J connectivity index is 0.000000294. The fourth-order valence-electron chi connectivity index (χ4n) is 6.39. The van der Waals surface area contributed by atoms with Gasteiger partial charge in [-0.15, -0.1) is 93.9 Å². The van der Waals surface area contributed by atoms with Gasteiger partial charge < -0.3 is 14.9 Å². The van der Waals surface area contributed by atoms with Crippen molar-refractivity contribution in [1.29, 1.82) is 0 Å². The first-order valence-electron chi connectivity index (χ1n) is 15.3. The predicted octanol–water partition coefficient (Wildman–Crippen LogP) is 13.2. The molecular weight excluding hydrogens is 719 g/mol. The molecule has 0 aliphatic carbocycles. The molecule has 8 rings (SSSR count). The summed E-state index contributed by atoms with van der Waals surface area (Å²) in [5.74, 6) is 0. The van der Waals surface area contributed by atoms with Crippen molar-refractivity contribution in [1.82, 2.24) is 0 Å². The topological polar surface area (TPSA) is 0 Å². The van der Waals surface area contributed by atoms with Crippen molar-refractivity contribution in [3.8, 4) is 22.3 Å². The molecule has 0 bridgehead atoms. The molecule has 0 aliphatic heterocycles. The van der Waals surface area contributed by atoms with Crippen molar-refractivity contribution in [3.63, 3.8) is 0 Å². The number of rotatable bonds is 4. The Hall–Kier alpha value is -3.26. The number of halogens is 2. The molecule has 0 atom stereocenters. The molecular formula is C44H42Cl2SiZr-4. The van der Waals surface area contributed by atoms with Crippen LogP contribution in [0.3, 0.4) is 0 Å². The summed E-state index contributed by atoms with van der Waals surface area (Å²) >= 11 is 1.36. The number of benzene rings is 6. The van der Waals surface area contributed by atoms with E-state index in [9.17, 15) is 0 Å². The van der Waals surface area contributed by atoms with Crippen LogP contribution < -0.4 is 0 Å². The maximum atomic E-state index is 3.06. The van der Waals surface area contributed by atoms with Crippen LogP contribution in [0.1, 0.15) is 25.0 Å². The van der Waals surface area contributed by atoms with Crippen molar-refractivity contribution in [2.24, 2.45) is 0 Å². The van der Waals surface area contributed by atoms with Gasteiger partial charge in [0.1, 0.15) is 0 Å². The van der Waals surface area contributed by atoms with E-state index in [1.807, 2.05) is 0 Å². The Labute approximate surface area is 316 Å². The van der Waals surface area contributed by atoms with Gasteiger partial charge in [0.05, 0.1) is 0 Å². The maximum absolute atomic E-state index is 3.06. The molecule has 0 aromatic heterocycles. The normalized spacial score (nSPS) is 9.94. The SMILES string of the molecule is CCc1cc2c(-c3cccc4ccccc34)cccc2[cH-]1.CCc1cc2c(-c3cccc4ccccc34)cccc2[cH-]1.Cl.Cl.[CH3-].[CH3-].[Si]=[Zr]. The Morgan fingerprint density at radius 1 is 0.438 bits per heavy atom. The van der Waals surface area contributed by atoms with E-state index in [-0.39, 0.29) is 39.7 Å². The zero-order chi connectivity index (χ0) is 30.5. The molecule has 0 N–H and O–H groups in total. The first kappa shape index (κ1) is 40.9. The van der Waals surface area contributed by atoms with Crippen LogP contribution in [0.25, 0.3) is 65.3 Å². The summed E-state index contributed by atoms with van der Waals surface area (Å²) in [7, 11) is 0. The second-order valence-corrected chi connectivity index (χ2v) is 11.1. The summed E-state index contributed by atoms with van der Waals surface area (Å²) in [4.78, 5) is 0. The third-order valence-electron chi connectivity index (χ3n) is 8.60. The summed E-state index contributed by atoms with van der Waals surface area (Å²) in [6.07, 6.45) is 2.17. The third kappa shape index (κ3) is 8.30. The zero-order valence-corrected chi connectivity index (χ0v) is 33.2. The summed E-state index contributed by atoms with van der Waals surface area (Å²) in [6, 6.07) is 52.9. The van der Waals surface area contributed by atoms with Crippen molar-refractivity contribution < 1.29 is 23.3 Å². The summed E-state index contributed by atoms with van der Waals surface area (Å²) in [6.45, 7) is 7.49.